The van der Waals surface area contributed by atoms with Crippen LogP contribution >= 0.6 is 0 Å². The molecule has 0 amide bonds. The fourth-order valence-electron chi connectivity index (χ4n) is 2.08. The maximum atomic E-state index is 4.51. The fraction of sp³-hybridized carbons (Fsp3) is 0.667. The van der Waals surface area contributed by atoms with E-state index in [-0.39, 0.29) is 0 Å². The van der Waals surface area contributed by atoms with Crippen molar-refractivity contribution < 1.29 is 0 Å². The summed E-state index contributed by atoms with van der Waals surface area (Å²) in [4.78, 5) is 11.2. The molecule has 1 saturated heterocycles. The SMILES string of the molecule is CNc1cc(N2CCC(C)CC2)nc(C)n1. The lowest BCUT2D eigenvalue weighted by atomic mass is 9.99. The second-order valence-corrected chi connectivity index (χ2v) is 4.58. The molecular weight excluding hydrogens is 200 g/mol. The van der Waals surface area contributed by atoms with Crippen molar-refractivity contribution in [1.29, 1.82) is 0 Å². The van der Waals surface area contributed by atoms with Crippen molar-refractivity contribution in [2.45, 2.75) is 26.7 Å². The van der Waals surface area contributed by atoms with Crippen LogP contribution in [0, 0.1) is 12.8 Å². The quantitative estimate of drug-likeness (QED) is 0.828. The van der Waals surface area contributed by atoms with E-state index in [0.29, 0.717) is 0 Å². The van der Waals surface area contributed by atoms with Gasteiger partial charge in [0, 0.05) is 26.2 Å². The van der Waals surface area contributed by atoms with Crippen LogP contribution in [0.3, 0.4) is 0 Å². The monoisotopic (exact) mass is 220 g/mol. The summed E-state index contributed by atoms with van der Waals surface area (Å²) in [5.41, 5.74) is 0. The summed E-state index contributed by atoms with van der Waals surface area (Å²) in [5, 5.41) is 3.08. The second-order valence-electron chi connectivity index (χ2n) is 4.58. The summed E-state index contributed by atoms with van der Waals surface area (Å²) in [6.07, 6.45) is 2.52. The summed E-state index contributed by atoms with van der Waals surface area (Å²) in [6, 6.07) is 2.03. The zero-order chi connectivity index (χ0) is 11.5. The first-order chi connectivity index (χ1) is 7.69. The first-order valence-corrected chi connectivity index (χ1v) is 5.97. The Morgan fingerprint density at radius 2 is 2.00 bits per heavy atom. The Morgan fingerprint density at radius 3 is 2.62 bits per heavy atom. The van der Waals surface area contributed by atoms with Crippen LogP contribution in [0.2, 0.25) is 0 Å². The highest BCUT2D eigenvalue weighted by molar-refractivity contribution is 5.49. The van der Waals surface area contributed by atoms with Gasteiger partial charge in [0.25, 0.3) is 0 Å². The molecule has 0 radical (unpaired) electrons. The number of hydrogen-bond donors (Lipinski definition) is 1. The highest BCUT2D eigenvalue weighted by Crippen LogP contribution is 2.22. The number of anilines is 2. The number of hydrogen-bond acceptors (Lipinski definition) is 4. The lowest BCUT2D eigenvalue weighted by molar-refractivity contribution is 0.436. The zero-order valence-corrected chi connectivity index (χ0v) is 10.3. The maximum Gasteiger partial charge on any atom is 0.134 e. The Kier molecular flexibility index (Phi) is 3.27. The lowest BCUT2D eigenvalue weighted by Gasteiger charge is -2.31. The Morgan fingerprint density at radius 1 is 1.31 bits per heavy atom. The molecule has 1 aromatic rings. The van der Waals surface area contributed by atoms with E-state index in [9.17, 15) is 0 Å². The van der Waals surface area contributed by atoms with Crippen molar-refractivity contribution in [2.24, 2.45) is 5.92 Å². The molecule has 2 heterocycles. The van der Waals surface area contributed by atoms with Crippen molar-refractivity contribution in [1.82, 2.24) is 9.97 Å². The number of aryl methyl sites for hydroxylation is 1. The van der Waals surface area contributed by atoms with Crippen LogP contribution in [0.25, 0.3) is 0 Å². The molecule has 0 spiro atoms. The summed E-state index contributed by atoms with van der Waals surface area (Å²) in [5.74, 6) is 3.65. The first-order valence-electron chi connectivity index (χ1n) is 5.97. The van der Waals surface area contributed by atoms with Gasteiger partial charge in [0.05, 0.1) is 0 Å². The van der Waals surface area contributed by atoms with Crippen molar-refractivity contribution >= 4 is 11.6 Å². The molecule has 0 atom stereocenters. The van der Waals surface area contributed by atoms with Gasteiger partial charge in [-0.25, -0.2) is 9.97 Å². The van der Waals surface area contributed by atoms with Gasteiger partial charge in [-0.05, 0) is 25.7 Å². The van der Waals surface area contributed by atoms with Crippen LogP contribution < -0.4 is 10.2 Å². The van der Waals surface area contributed by atoms with E-state index >= 15 is 0 Å². The van der Waals surface area contributed by atoms with E-state index in [2.05, 4.69) is 27.1 Å². The average Bonchev–Trinajstić information content (AvgIpc) is 2.29. The molecule has 0 aromatic carbocycles. The van der Waals surface area contributed by atoms with Crippen LogP contribution in [-0.2, 0) is 0 Å². The number of aromatic nitrogens is 2. The molecule has 4 nitrogen and oxygen atoms in total. The van der Waals surface area contributed by atoms with Crippen molar-refractivity contribution in [3.8, 4) is 0 Å². The molecule has 1 N–H and O–H groups in total. The van der Waals surface area contributed by atoms with E-state index in [1.807, 2.05) is 20.0 Å². The van der Waals surface area contributed by atoms with Crippen molar-refractivity contribution in [3.05, 3.63) is 11.9 Å². The molecule has 0 bridgehead atoms. The molecule has 0 saturated carbocycles. The third-order valence-electron chi connectivity index (χ3n) is 3.19. The standard InChI is InChI=1S/C12H20N4/c1-9-4-6-16(7-5-9)12-8-11(13-3)14-10(2)15-12/h8-9H,4-7H2,1-3H3,(H,13,14,15). The minimum atomic E-state index is 0.834. The molecule has 1 fully saturated rings. The van der Waals surface area contributed by atoms with Gasteiger partial charge in [-0.2, -0.15) is 0 Å². The predicted octanol–water partition coefficient (Wildman–Crippen LogP) is 2.06. The third kappa shape index (κ3) is 2.43. The maximum absolute atomic E-state index is 4.51. The Balaban J connectivity index is 2.16. The van der Waals surface area contributed by atoms with Gasteiger partial charge in [-0.3, -0.25) is 0 Å². The molecule has 1 aromatic heterocycles. The Labute approximate surface area is 97.1 Å². The topological polar surface area (TPSA) is 41.0 Å². The predicted molar refractivity (Wildman–Crippen MR) is 66.9 cm³/mol. The van der Waals surface area contributed by atoms with Crippen LogP contribution in [-0.4, -0.2) is 30.1 Å². The van der Waals surface area contributed by atoms with Crippen LogP contribution in [0.1, 0.15) is 25.6 Å². The molecular formula is C12H20N4. The molecule has 2 rings (SSSR count). The Hall–Kier alpha value is -1.32. The summed E-state index contributed by atoms with van der Waals surface area (Å²) in [6.45, 7) is 6.49. The average molecular weight is 220 g/mol. The van der Waals surface area contributed by atoms with Gasteiger partial charge in [0.15, 0.2) is 0 Å². The van der Waals surface area contributed by atoms with Gasteiger partial charge in [-0.15, -0.1) is 0 Å². The number of nitrogens with one attached hydrogen (secondary N) is 1. The fourth-order valence-corrected chi connectivity index (χ4v) is 2.08. The second kappa shape index (κ2) is 4.68. The largest absolute Gasteiger partial charge is 0.373 e. The van der Waals surface area contributed by atoms with Gasteiger partial charge in [-0.1, -0.05) is 6.92 Å². The molecule has 1 aliphatic rings. The van der Waals surface area contributed by atoms with E-state index in [1.165, 1.54) is 12.8 Å². The van der Waals surface area contributed by atoms with E-state index in [4.69, 9.17) is 0 Å². The first kappa shape index (κ1) is 11.2. The van der Waals surface area contributed by atoms with Gasteiger partial charge < -0.3 is 10.2 Å². The normalized spacial score (nSPS) is 17.6. The lowest BCUT2D eigenvalue weighted by Crippen LogP contribution is -2.33. The van der Waals surface area contributed by atoms with Gasteiger partial charge >= 0.3 is 0 Å². The third-order valence-corrected chi connectivity index (χ3v) is 3.19. The molecule has 16 heavy (non-hydrogen) atoms. The van der Waals surface area contributed by atoms with Gasteiger partial charge in [0.1, 0.15) is 17.5 Å². The van der Waals surface area contributed by atoms with Crippen molar-refractivity contribution in [3.63, 3.8) is 0 Å². The minimum absolute atomic E-state index is 0.834. The number of rotatable bonds is 2. The molecule has 88 valence electrons. The van der Waals surface area contributed by atoms with Gasteiger partial charge in [0.2, 0.25) is 0 Å². The molecule has 4 heteroatoms. The van der Waals surface area contributed by atoms with Crippen LogP contribution in [0.4, 0.5) is 11.6 Å². The molecule has 1 aliphatic heterocycles. The highest BCUT2D eigenvalue weighted by atomic mass is 15.2. The summed E-state index contributed by atoms with van der Waals surface area (Å²) >= 11 is 0. The summed E-state index contributed by atoms with van der Waals surface area (Å²) < 4.78 is 0. The Bertz CT molecular complexity index is 356. The smallest absolute Gasteiger partial charge is 0.134 e. The zero-order valence-electron chi connectivity index (χ0n) is 10.3. The van der Waals surface area contributed by atoms with Crippen molar-refractivity contribution in [2.75, 3.05) is 30.4 Å². The van der Waals surface area contributed by atoms with Crippen LogP contribution in [0.5, 0.6) is 0 Å². The molecule has 0 unspecified atom stereocenters. The number of piperidine rings is 1. The minimum Gasteiger partial charge on any atom is -0.373 e. The molecule has 0 aliphatic carbocycles. The summed E-state index contributed by atoms with van der Waals surface area (Å²) in [7, 11) is 1.89. The van der Waals surface area contributed by atoms with Crippen LogP contribution in [0.15, 0.2) is 6.07 Å². The van der Waals surface area contributed by atoms with E-state index in [1.54, 1.807) is 0 Å². The highest BCUT2D eigenvalue weighted by Gasteiger charge is 2.17. The van der Waals surface area contributed by atoms with E-state index < -0.39 is 0 Å². The number of nitrogens with zero attached hydrogens (tertiary/aromatic N) is 3. The van der Waals surface area contributed by atoms with E-state index in [0.717, 1.165) is 36.5 Å².